The summed E-state index contributed by atoms with van der Waals surface area (Å²) >= 11 is 1.67. The number of carbonyl (C=O) groups excluding carboxylic acids is 1. The van der Waals surface area contributed by atoms with Gasteiger partial charge in [0.15, 0.2) is 10.9 Å². The van der Waals surface area contributed by atoms with Gasteiger partial charge in [-0.05, 0) is 54.7 Å². The number of benzene rings is 3. The highest BCUT2D eigenvalue weighted by Crippen LogP contribution is 2.32. The van der Waals surface area contributed by atoms with Crippen molar-refractivity contribution < 1.29 is 19.8 Å². The summed E-state index contributed by atoms with van der Waals surface area (Å²) in [7, 11) is 0. The first kappa shape index (κ1) is 22.5. The molecule has 33 heavy (non-hydrogen) atoms. The number of carbonyl (C=O) groups is 2. The first-order chi connectivity index (χ1) is 15.9. The van der Waals surface area contributed by atoms with Crippen molar-refractivity contribution in [2.75, 3.05) is 5.32 Å². The van der Waals surface area contributed by atoms with Gasteiger partial charge in [-0.25, -0.2) is 9.78 Å². The fraction of sp³-hybridized carbons (Fsp3) is 0.192. The van der Waals surface area contributed by atoms with Gasteiger partial charge in [-0.3, -0.25) is 4.79 Å². The van der Waals surface area contributed by atoms with Crippen LogP contribution in [0.4, 0.5) is 15.6 Å². The fourth-order valence-corrected chi connectivity index (χ4v) is 4.71. The Labute approximate surface area is 195 Å². The Bertz CT molecular complexity index is 1270. The molecule has 1 fully saturated rings. The molecule has 0 spiro atoms. The summed E-state index contributed by atoms with van der Waals surface area (Å²) in [5, 5.41) is 18.3. The first-order valence-corrected chi connectivity index (χ1v) is 11.5. The van der Waals surface area contributed by atoms with E-state index < -0.39 is 6.16 Å². The van der Waals surface area contributed by atoms with E-state index in [4.69, 9.17) is 20.0 Å². The number of aromatic nitrogens is 1. The van der Waals surface area contributed by atoms with Crippen molar-refractivity contribution in [2.24, 2.45) is 5.92 Å². The average molecular weight is 461 g/mol. The molecule has 4 aromatic rings. The number of thiazole rings is 1. The molecule has 0 atom stereocenters. The quantitative estimate of drug-likeness (QED) is 0.272. The van der Waals surface area contributed by atoms with Crippen molar-refractivity contribution in [1.29, 1.82) is 0 Å². The molecule has 0 unspecified atom stereocenters. The van der Waals surface area contributed by atoms with E-state index in [2.05, 4.69) is 54.7 Å². The maximum absolute atomic E-state index is 12.4. The minimum absolute atomic E-state index is 0.248. The molecule has 0 bridgehead atoms. The first-order valence-electron chi connectivity index (χ1n) is 10.7. The van der Waals surface area contributed by atoms with Crippen molar-refractivity contribution in [2.45, 2.75) is 26.2 Å². The lowest BCUT2D eigenvalue weighted by atomic mass is 9.80. The second-order valence-corrected chi connectivity index (χ2v) is 9.03. The standard InChI is InChI=1S/C25H22N2OS.CH2O3/c1-16-4-2-7-22-23(16)27-25(29-22)26-21-14-12-18(13-15-21)17-8-10-20(11-9-17)24(28)19-5-3-6-19;2-1(3)4/h2,4,7-15,19H,3,5-6H2,1H3,(H,26,27);(H2,2,3,4). The van der Waals surface area contributed by atoms with E-state index in [9.17, 15) is 4.79 Å². The van der Waals surface area contributed by atoms with Crippen LogP contribution in [0.3, 0.4) is 0 Å². The number of ketones is 1. The number of rotatable bonds is 5. The smallest absolute Gasteiger partial charge is 0.450 e. The second-order valence-electron chi connectivity index (χ2n) is 8.00. The zero-order valence-electron chi connectivity index (χ0n) is 18.1. The zero-order chi connectivity index (χ0) is 23.4. The molecule has 1 heterocycles. The summed E-state index contributed by atoms with van der Waals surface area (Å²) in [6, 6.07) is 22.6. The Hall–Kier alpha value is -3.71. The fourth-order valence-electron chi connectivity index (χ4n) is 3.74. The van der Waals surface area contributed by atoms with Crippen LogP contribution >= 0.6 is 11.3 Å². The lowest BCUT2D eigenvalue weighted by molar-refractivity contribution is 0.0855. The van der Waals surface area contributed by atoms with Crippen molar-refractivity contribution >= 4 is 44.3 Å². The van der Waals surface area contributed by atoms with Crippen LogP contribution in [0.1, 0.15) is 35.2 Å². The Morgan fingerprint density at radius 1 is 0.939 bits per heavy atom. The van der Waals surface area contributed by atoms with E-state index in [1.54, 1.807) is 11.3 Å². The van der Waals surface area contributed by atoms with Gasteiger partial charge in [0, 0.05) is 17.2 Å². The predicted octanol–water partition coefficient (Wildman–Crippen LogP) is 7.22. The Morgan fingerprint density at radius 3 is 2.09 bits per heavy atom. The van der Waals surface area contributed by atoms with Gasteiger partial charge < -0.3 is 15.5 Å². The number of Topliss-reactive ketones (excluding diaryl/α,β-unsaturated/α-hetero) is 1. The molecule has 0 aliphatic heterocycles. The molecule has 1 aliphatic carbocycles. The molecule has 5 rings (SSSR count). The van der Waals surface area contributed by atoms with Gasteiger partial charge in [-0.2, -0.15) is 0 Å². The Kier molecular flexibility index (Phi) is 6.70. The third-order valence-electron chi connectivity index (χ3n) is 5.74. The summed E-state index contributed by atoms with van der Waals surface area (Å²) in [6.07, 6.45) is 1.44. The lowest BCUT2D eigenvalue weighted by Gasteiger charge is -2.23. The predicted molar refractivity (Wildman–Crippen MR) is 132 cm³/mol. The number of para-hydroxylation sites is 1. The molecule has 6 nitrogen and oxygen atoms in total. The van der Waals surface area contributed by atoms with Crippen LogP contribution < -0.4 is 5.32 Å². The van der Waals surface area contributed by atoms with Crippen molar-refractivity contribution in [3.8, 4) is 11.1 Å². The molecule has 1 saturated carbocycles. The molecule has 1 aromatic heterocycles. The van der Waals surface area contributed by atoms with Crippen LogP contribution in [-0.4, -0.2) is 27.1 Å². The highest BCUT2D eigenvalue weighted by molar-refractivity contribution is 7.22. The van der Waals surface area contributed by atoms with Gasteiger partial charge in [-0.1, -0.05) is 66.3 Å². The van der Waals surface area contributed by atoms with E-state index in [1.165, 1.54) is 16.7 Å². The van der Waals surface area contributed by atoms with Crippen LogP contribution in [0.25, 0.3) is 21.3 Å². The number of carboxylic acid groups (broad SMARTS) is 2. The zero-order valence-corrected chi connectivity index (χ0v) is 18.9. The molecule has 0 radical (unpaired) electrons. The van der Waals surface area contributed by atoms with Gasteiger partial charge in [0.05, 0.1) is 10.2 Å². The number of anilines is 2. The van der Waals surface area contributed by atoms with Crippen molar-refractivity contribution in [3.63, 3.8) is 0 Å². The maximum atomic E-state index is 12.4. The normalized spacial score (nSPS) is 13.0. The summed E-state index contributed by atoms with van der Waals surface area (Å²) < 4.78 is 1.20. The van der Waals surface area contributed by atoms with Gasteiger partial charge >= 0.3 is 6.16 Å². The highest BCUT2D eigenvalue weighted by atomic mass is 32.1. The summed E-state index contributed by atoms with van der Waals surface area (Å²) in [4.78, 5) is 25.6. The molecule has 3 aromatic carbocycles. The second kappa shape index (κ2) is 9.83. The summed E-state index contributed by atoms with van der Waals surface area (Å²) in [5.41, 5.74) is 6.37. The van der Waals surface area contributed by atoms with E-state index in [0.717, 1.165) is 45.9 Å². The van der Waals surface area contributed by atoms with Crippen LogP contribution in [0.15, 0.2) is 66.7 Å². The third-order valence-corrected chi connectivity index (χ3v) is 6.67. The van der Waals surface area contributed by atoms with Gasteiger partial charge in [0.25, 0.3) is 0 Å². The van der Waals surface area contributed by atoms with Gasteiger partial charge in [0.2, 0.25) is 0 Å². The molecular weight excluding hydrogens is 436 g/mol. The van der Waals surface area contributed by atoms with E-state index in [0.29, 0.717) is 5.78 Å². The van der Waals surface area contributed by atoms with Crippen LogP contribution in [-0.2, 0) is 0 Å². The molecule has 7 heteroatoms. The van der Waals surface area contributed by atoms with Crippen molar-refractivity contribution in [3.05, 3.63) is 77.9 Å². The summed E-state index contributed by atoms with van der Waals surface area (Å²) in [5.74, 6) is 0.547. The molecule has 168 valence electrons. The average Bonchev–Trinajstić information content (AvgIpc) is 3.17. The molecule has 0 amide bonds. The van der Waals surface area contributed by atoms with E-state index in [1.807, 2.05) is 24.3 Å². The molecule has 3 N–H and O–H groups in total. The van der Waals surface area contributed by atoms with E-state index >= 15 is 0 Å². The van der Waals surface area contributed by atoms with Crippen LogP contribution in [0, 0.1) is 12.8 Å². The molecule has 0 saturated heterocycles. The number of hydrogen-bond acceptors (Lipinski definition) is 5. The SMILES string of the molecule is Cc1cccc2sc(Nc3ccc(-c4ccc(C(=O)C5CCC5)cc4)cc3)nc12.O=C(O)O. The number of nitrogens with one attached hydrogen (secondary N) is 1. The topological polar surface area (TPSA) is 99.5 Å². The van der Waals surface area contributed by atoms with Gasteiger partial charge in [-0.15, -0.1) is 0 Å². The van der Waals surface area contributed by atoms with Crippen LogP contribution in [0.2, 0.25) is 0 Å². The number of fused-ring (bicyclic) bond motifs is 1. The summed E-state index contributed by atoms with van der Waals surface area (Å²) in [6.45, 7) is 2.09. The van der Waals surface area contributed by atoms with Crippen molar-refractivity contribution in [1.82, 2.24) is 4.98 Å². The van der Waals surface area contributed by atoms with Gasteiger partial charge in [0.1, 0.15) is 0 Å². The highest BCUT2D eigenvalue weighted by Gasteiger charge is 2.25. The largest absolute Gasteiger partial charge is 0.503 e. The monoisotopic (exact) mass is 460 g/mol. The number of aryl methyl sites for hydroxylation is 1. The molecule has 1 aliphatic rings. The van der Waals surface area contributed by atoms with E-state index in [-0.39, 0.29) is 5.92 Å². The minimum atomic E-state index is -1.83. The van der Waals surface area contributed by atoms with Crippen LogP contribution in [0.5, 0.6) is 0 Å². The third kappa shape index (κ3) is 5.38. The maximum Gasteiger partial charge on any atom is 0.503 e. The number of hydrogen-bond donors (Lipinski definition) is 3. The Balaban J connectivity index is 0.000000601. The lowest BCUT2D eigenvalue weighted by Crippen LogP contribution is -2.21. The molecular formula is C26H24N2O4S. The number of nitrogens with zero attached hydrogens (tertiary/aromatic N) is 1. The Morgan fingerprint density at radius 2 is 1.55 bits per heavy atom. The minimum Gasteiger partial charge on any atom is -0.450 e.